The van der Waals surface area contributed by atoms with Gasteiger partial charge in [-0.15, -0.1) is 0 Å². The molecule has 0 bridgehead atoms. The predicted molar refractivity (Wildman–Crippen MR) is 71.0 cm³/mol. The van der Waals surface area contributed by atoms with Crippen LogP contribution in [0.15, 0.2) is 34.9 Å². The van der Waals surface area contributed by atoms with Gasteiger partial charge >= 0.3 is 5.97 Å². The summed E-state index contributed by atoms with van der Waals surface area (Å²) in [7, 11) is 1.42. The van der Waals surface area contributed by atoms with Gasteiger partial charge in [0.15, 0.2) is 0 Å². The fourth-order valence-corrected chi connectivity index (χ4v) is 2.40. The number of benzene rings is 1. The van der Waals surface area contributed by atoms with Gasteiger partial charge in [0, 0.05) is 21.6 Å². The molecule has 0 spiro atoms. The second-order valence-electron chi connectivity index (χ2n) is 3.87. The number of esters is 1. The van der Waals surface area contributed by atoms with Crippen molar-refractivity contribution in [2.24, 2.45) is 0 Å². The first-order valence-electron chi connectivity index (χ1n) is 5.51. The molecule has 0 saturated heterocycles. The van der Waals surface area contributed by atoms with Gasteiger partial charge in [0.05, 0.1) is 7.11 Å². The lowest BCUT2D eigenvalue weighted by molar-refractivity contribution is -0.144. The number of carbonyl (C=O) groups excluding carboxylic acids is 1. The molecule has 0 aliphatic heterocycles. The summed E-state index contributed by atoms with van der Waals surface area (Å²) in [4.78, 5) is 11.7. The predicted octanol–water partition coefficient (Wildman–Crippen LogP) is 3.53. The highest BCUT2D eigenvalue weighted by Crippen LogP contribution is 2.25. The second kappa shape index (κ2) is 4.92. The number of nitrogens with zero attached hydrogens (tertiary/aromatic N) is 1. The Morgan fingerprint density at radius 2 is 2.24 bits per heavy atom. The molecule has 1 unspecified atom stereocenters. The fraction of sp³-hybridized carbons (Fsp3) is 0.308. The van der Waals surface area contributed by atoms with E-state index >= 15 is 0 Å². The van der Waals surface area contributed by atoms with Crippen molar-refractivity contribution in [2.75, 3.05) is 7.11 Å². The number of hydrogen-bond donors (Lipinski definition) is 0. The topological polar surface area (TPSA) is 31.2 Å². The zero-order valence-corrected chi connectivity index (χ0v) is 11.4. The molecule has 1 heterocycles. The first kappa shape index (κ1) is 12.2. The van der Waals surface area contributed by atoms with Gasteiger partial charge in [0.2, 0.25) is 0 Å². The van der Waals surface area contributed by atoms with E-state index in [-0.39, 0.29) is 12.0 Å². The molecule has 2 aromatic rings. The number of rotatable bonds is 3. The van der Waals surface area contributed by atoms with Crippen LogP contribution in [-0.4, -0.2) is 17.6 Å². The van der Waals surface area contributed by atoms with Crippen LogP contribution in [0.4, 0.5) is 0 Å². The van der Waals surface area contributed by atoms with Crippen molar-refractivity contribution < 1.29 is 9.53 Å². The maximum absolute atomic E-state index is 11.7. The maximum atomic E-state index is 11.7. The van der Waals surface area contributed by atoms with Crippen LogP contribution in [0.2, 0.25) is 0 Å². The molecule has 3 nitrogen and oxygen atoms in total. The lowest BCUT2D eigenvalue weighted by Gasteiger charge is -2.15. The third-order valence-electron chi connectivity index (χ3n) is 2.88. The molecule has 1 aromatic heterocycles. The van der Waals surface area contributed by atoms with Gasteiger partial charge in [-0.2, -0.15) is 0 Å². The summed E-state index contributed by atoms with van der Waals surface area (Å²) >= 11 is 3.44. The average molecular weight is 296 g/mol. The normalized spacial score (nSPS) is 12.6. The second-order valence-corrected chi connectivity index (χ2v) is 4.79. The number of carbonyl (C=O) groups is 1. The van der Waals surface area contributed by atoms with E-state index < -0.39 is 0 Å². The molecule has 4 heteroatoms. The van der Waals surface area contributed by atoms with Crippen molar-refractivity contribution in [2.45, 2.75) is 19.4 Å². The zero-order valence-electron chi connectivity index (χ0n) is 9.81. The molecule has 1 aromatic carbocycles. The fourth-order valence-electron chi connectivity index (χ4n) is 2.02. The third-order valence-corrected chi connectivity index (χ3v) is 3.37. The quantitative estimate of drug-likeness (QED) is 0.811. The largest absolute Gasteiger partial charge is 0.467 e. The number of fused-ring (bicyclic) bond motifs is 1. The number of hydrogen-bond acceptors (Lipinski definition) is 2. The van der Waals surface area contributed by atoms with E-state index in [1.807, 2.05) is 42.0 Å². The van der Waals surface area contributed by atoms with Gasteiger partial charge in [-0.25, -0.2) is 4.79 Å². The van der Waals surface area contributed by atoms with E-state index in [2.05, 4.69) is 15.9 Å². The first-order chi connectivity index (χ1) is 8.17. The van der Waals surface area contributed by atoms with E-state index in [0.717, 1.165) is 15.4 Å². The highest BCUT2D eigenvalue weighted by atomic mass is 79.9. The minimum atomic E-state index is -0.251. The van der Waals surface area contributed by atoms with Crippen molar-refractivity contribution in [3.63, 3.8) is 0 Å². The summed E-state index contributed by atoms with van der Waals surface area (Å²) < 4.78 is 7.83. The van der Waals surface area contributed by atoms with Gasteiger partial charge in [0.25, 0.3) is 0 Å². The molecule has 17 heavy (non-hydrogen) atoms. The first-order valence-corrected chi connectivity index (χ1v) is 6.30. The number of halogens is 1. The van der Waals surface area contributed by atoms with Crippen molar-refractivity contribution in [1.82, 2.24) is 4.57 Å². The van der Waals surface area contributed by atoms with Gasteiger partial charge in [0.1, 0.15) is 6.04 Å². The van der Waals surface area contributed by atoms with Crippen molar-refractivity contribution in [3.8, 4) is 0 Å². The van der Waals surface area contributed by atoms with Crippen LogP contribution in [0, 0.1) is 0 Å². The molecular formula is C13H14BrNO2. The van der Waals surface area contributed by atoms with E-state index in [9.17, 15) is 4.79 Å². The lowest BCUT2D eigenvalue weighted by Crippen LogP contribution is -2.19. The average Bonchev–Trinajstić information content (AvgIpc) is 2.73. The summed E-state index contributed by atoms with van der Waals surface area (Å²) in [6.07, 6.45) is 2.65. The molecule has 0 amide bonds. The standard InChI is InChI=1S/C13H14BrNO2/c1-3-11(13(16)17-2)15-7-6-9-8-10(14)4-5-12(9)15/h4-8,11H,3H2,1-2H3. The van der Waals surface area contributed by atoms with Crippen molar-refractivity contribution in [1.29, 1.82) is 0 Å². The van der Waals surface area contributed by atoms with Gasteiger partial charge in [-0.05, 0) is 30.7 Å². The summed E-state index contributed by atoms with van der Waals surface area (Å²) in [6, 6.07) is 7.77. The maximum Gasteiger partial charge on any atom is 0.328 e. The van der Waals surface area contributed by atoms with Gasteiger partial charge < -0.3 is 9.30 Å². The Balaban J connectivity index is 2.51. The lowest BCUT2D eigenvalue weighted by atomic mass is 10.2. The Labute approximate surface area is 108 Å². The van der Waals surface area contributed by atoms with E-state index in [1.165, 1.54) is 7.11 Å². The Hall–Kier alpha value is -1.29. The molecule has 0 fully saturated rings. The van der Waals surface area contributed by atoms with Crippen LogP contribution >= 0.6 is 15.9 Å². The summed E-state index contributed by atoms with van der Waals surface area (Å²) in [5.41, 5.74) is 1.05. The third kappa shape index (κ3) is 2.22. The summed E-state index contributed by atoms with van der Waals surface area (Å²) in [5, 5.41) is 1.11. The summed E-state index contributed by atoms with van der Waals surface area (Å²) in [6.45, 7) is 1.98. The Kier molecular flexibility index (Phi) is 3.52. The highest BCUT2D eigenvalue weighted by Gasteiger charge is 2.20. The highest BCUT2D eigenvalue weighted by molar-refractivity contribution is 9.10. The Morgan fingerprint density at radius 1 is 1.47 bits per heavy atom. The van der Waals surface area contributed by atoms with Crippen molar-refractivity contribution >= 4 is 32.8 Å². The Bertz CT molecular complexity index is 547. The van der Waals surface area contributed by atoms with Crippen LogP contribution in [0.5, 0.6) is 0 Å². The minimum absolute atomic E-state index is 0.201. The molecule has 0 aliphatic carbocycles. The summed E-state index contributed by atoms with van der Waals surface area (Å²) in [5.74, 6) is -0.201. The smallest absolute Gasteiger partial charge is 0.328 e. The van der Waals surface area contributed by atoms with Crippen LogP contribution in [0.1, 0.15) is 19.4 Å². The Morgan fingerprint density at radius 3 is 2.88 bits per heavy atom. The van der Waals surface area contributed by atoms with Crippen LogP contribution in [0.3, 0.4) is 0 Å². The molecule has 90 valence electrons. The molecular weight excluding hydrogens is 282 g/mol. The van der Waals surface area contributed by atoms with Crippen LogP contribution in [-0.2, 0) is 9.53 Å². The van der Waals surface area contributed by atoms with E-state index in [1.54, 1.807) is 0 Å². The van der Waals surface area contributed by atoms with E-state index in [0.29, 0.717) is 6.42 Å². The molecule has 0 N–H and O–H groups in total. The van der Waals surface area contributed by atoms with Crippen molar-refractivity contribution in [3.05, 3.63) is 34.9 Å². The monoisotopic (exact) mass is 295 g/mol. The van der Waals surface area contributed by atoms with Crippen LogP contribution in [0.25, 0.3) is 10.9 Å². The molecule has 1 atom stereocenters. The number of ether oxygens (including phenoxy) is 1. The van der Waals surface area contributed by atoms with E-state index in [4.69, 9.17) is 4.74 Å². The van der Waals surface area contributed by atoms with Gasteiger partial charge in [-0.3, -0.25) is 0 Å². The molecule has 0 saturated carbocycles. The number of aromatic nitrogens is 1. The zero-order chi connectivity index (χ0) is 12.4. The molecule has 0 radical (unpaired) electrons. The minimum Gasteiger partial charge on any atom is -0.467 e. The van der Waals surface area contributed by atoms with Crippen LogP contribution < -0.4 is 0 Å². The SMILES string of the molecule is CCC(C(=O)OC)n1ccc2cc(Br)ccc21. The number of methoxy groups -OCH3 is 1. The molecule has 2 rings (SSSR count). The van der Waals surface area contributed by atoms with Gasteiger partial charge in [-0.1, -0.05) is 22.9 Å². The molecule has 0 aliphatic rings.